The summed E-state index contributed by atoms with van der Waals surface area (Å²) in [6, 6.07) is 12.5. The molecule has 0 saturated carbocycles. The molecule has 2 heterocycles. The number of nitrogens with zero attached hydrogens (tertiary/aromatic N) is 4. The van der Waals surface area contributed by atoms with Crippen LogP contribution in [0.4, 0.5) is 5.69 Å². The third kappa shape index (κ3) is 3.54. The standard InChI is InChI=1S/C19H15Cl2N5O2/c1-11-12(4-2-7-15(11)22)18-23-19(28-25-18)16-8-9-26(24-16)10-27-17-13(20)5-3-6-14(17)21/h2-9H,10,22H2,1H3. The Morgan fingerprint density at radius 2 is 1.86 bits per heavy atom. The largest absolute Gasteiger partial charge is 0.468 e. The third-order valence-corrected chi connectivity index (χ3v) is 4.76. The van der Waals surface area contributed by atoms with Crippen LogP contribution in [0, 0.1) is 6.92 Å². The van der Waals surface area contributed by atoms with Crippen LogP contribution in [0.25, 0.3) is 23.0 Å². The van der Waals surface area contributed by atoms with Crippen molar-refractivity contribution in [1.29, 1.82) is 0 Å². The molecular formula is C19H15Cl2N5O2. The molecule has 0 radical (unpaired) electrons. The molecule has 2 N–H and O–H groups in total. The quantitative estimate of drug-likeness (QED) is 0.469. The Morgan fingerprint density at radius 1 is 1.11 bits per heavy atom. The monoisotopic (exact) mass is 415 g/mol. The summed E-state index contributed by atoms with van der Waals surface area (Å²) >= 11 is 12.2. The van der Waals surface area contributed by atoms with Crippen molar-refractivity contribution in [3.05, 3.63) is 64.3 Å². The molecular weight excluding hydrogens is 401 g/mol. The van der Waals surface area contributed by atoms with Crippen LogP contribution in [-0.4, -0.2) is 19.9 Å². The fraction of sp³-hybridized carbons (Fsp3) is 0.105. The third-order valence-electron chi connectivity index (χ3n) is 4.16. The summed E-state index contributed by atoms with van der Waals surface area (Å²) in [6.45, 7) is 2.03. The Labute approximate surface area is 170 Å². The van der Waals surface area contributed by atoms with Crippen molar-refractivity contribution in [2.24, 2.45) is 0 Å². The normalized spacial score (nSPS) is 11.0. The number of anilines is 1. The van der Waals surface area contributed by atoms with Gasteiger partial charge in [-0.1, -0.05) is 46.6 Å². The van der Waals surface area contributed by atoms with Gasteiger partial charge < -0.3 is 15.0 Å². The molecule has 0 fully saturated rings. The summed E-state index contributed by atoms with van der Waals surface area (Å²) in [7, 11) is 0. The highest BCUT2D eigenvalue weighted by molar-refractivity contribution is 6.37. The molecule has 4 rings (SSSR count). The molecule has 7 nitrogen and oxygen atoms in total. The smallest absolute Gasteiger partial charge is 0.278 e. The van der Waals surface area contributed by atoms with E-state index in [9.17, 15) is 0 Å². The lowest BCUT2D eigenvalue weighted by Gasteiger charge is -2.09. The van der Waals surface area contributed by atoms with Crippen LogP contribution >= 0.6 is 23.2 Å². The van der Waals surface area contributed by atoms with E-state index in [1.807, 2.05) is 25.1 Å². The first kappa shape index (κ1) is 18.3. The summed E-state index contributed by atoms with van der Waals surface area (Å²) < 4.78 is 12.6. The average molecular weight is 416 g/mol. The molecule has 4 aromatic rings. The lowest BCUT2D eigenvalue weighted by molar-refractivity contribution is 0.221. The second-order valence-corrected chi connectivity index (χ2v) is 6.82. The van der Waals surface area contributed by atoms with Crippen LogP contribution in [-0.2, 0) is 6.73 Å². The molecule has 28 heavy (non-hydrogen) atoms. The van der Waals surface area contributed by atoms with Crippen LogP contribution in [0.1, 0.15) is 5.56 Å². The number of para-hydroxylation sites is 1. The number of hydrogen-bond donors (Lipinski definition) is 1. The van der Waals surface area contributed by atoms with Gasteiger partial charge in [-0.05, 0) is 36.8 Å². The zero-order valence-corrected chi connectivity index (χ0v) is 16.3. The maximum absolute atomic E-state index is 6.10. The van der Waals surface area contributed by atoms with Crippen molar-refractivity contribution in [3.63, 3.8) is 0 Å². The number of nitrogen functional groups attached to an aromatic ring is 1. The Hall–Kier alpha value is -3.03. The Morgan fingerprint density at radius 3 is 2.64 bits per heavy atom. The van der Waals surface area contributed by atoms with Gasteiger partial charge >= 0.3 is 0 Å². The summed E-state index contributed by atoms with van der Waals surface area (Å²) in [4.78, 5) is 4.42. The topological polar surface area (TPSA) is 92.0 Å². The van der Waals surface area contributed by atoms with E-state index in [2.05, 4.69) is 15.2 Å². The van der Waals surface area contributed by atoms with E-state index in [-0.39, 0.29) is 6.73 Å². The highest BCUT2D eigenvalue weighted by atomic mass is 35.5. The van der Waals surface area contributed by atoms with Gasteiger partial charge in [0.1, 0.15) is 0 Å². The summed E-state index contributed by atoms with van der Waals surface area (Å²) in [5, 5.41) is 9.28. The lowest BCUT2D eigenvalue weighted by atomic mass is 10.1. The minimum absolute atomic E-state index is 0.124. The van der Waals surface area contributed by atoms with E-state index in [0.717, 1.165) is 11.1 Å². The molecule has 2 aromatic carbocycles. The van der Waals surface area contributed by atoms with Crippen LogP contribution in [0.15, 0.2) is 53.2 Å². The van der Waals surface area contributed by atoms with Gasteiger partial charge in [-0.25, -0.2) is 4.68 Å². The van der Waals surface area contributed by atoms with Gasteiger partial charge in [0.25, 0.3) is 5.89 Å². The number of benzene rings is 2. The predicted octanol–water partition coefficient (Wildman–Crippen LogP) is 4.83. The predicted molar refractivity (Wildman–Crippen MR) is 107 cm³/mol. The van der Waals surface area contributed by atoms with Gasteiger partial charge in [-0.3, -0.25) is 0 Å². The van der Waals surface area contributed by atoms with E-state index in [1.165, 1.54) is 0 Å². The SMILES string of the molecule is Cc1c(N)cccc1-c1noc(-c2ccn(COc3c(Cl)cccc3Cl)n2)n1. The van der Waals surface area contributed by atoms with Crippen LogP contribution in [0.5, 0.6) is 5.75 Å². The van der Waals surface area contributed by atoms with E-state index in [1.54, 1.807) is 35.1 Å². The number of aromatic nitrogens is 4. The summed E-state index contributed by atoms with van der Waals surface area (Å²) in [5.74, 6) is 1.15. The molecule has 0 spiro atoms. The average Bonchev–Trinajstić information content (AvgIpc) is 3.33. The van der Waals surface area contributed by atoms with Gasteiger partial charge in [0.2, 0.25) is 5.82 Å². The molecule has 0 aliphatic carbocycles. The Kier molecular flexibility index (Phi) is 4.93. The van der Waals surface area contributed by atoms with E-state index in [4.69, 9.17) is 38.2 Å². The molecule has 0 bridgehead atoms. The number of nitrogens with two attached hydrogens (primary N) is 1. The van der Waals surface area contributed by atoms with Crippen molar-refractivity contribution in [2.75, 3.05) is 5.73 Å². The van der Waals surface area contributed by atoms with Crippen LogP contribution in [0.2, 0.25) is 10.0 Å². The first-order chi connectivity index (χ1) is 13.5. The summed E-state index contributed by atoms with van der Waals surface area (Å²) in [6.07, 6.45) is 1.73. The minimum Gasteiger partial charge on any atom is -0.468 e. The van der Waals surface area contributed by atoms with Gasteiger partial charge in [0, 0.05) is 17.4 Å². The zero-order chi connectivity index (χ0) is 19.7. The maximum atomic E-state index is 6.10. The number of halogens is 2. The number of hydrogen-bond acceptors (Lipinski definition) is 6. The molecule has 0 amide bonds. The first-order valence-electron chi connectivity index (χ1n) is 8.33. The minimum atomic E-state index is 0.124. The molecule has 0 atom stereocenters. The summed E-state index contributed by atoms with van der Waals surface area (Å²) in [5.41, 5.74) is 8.84. The first-order valence-corrected chi connectivity index (χ1v) is 9.08. The van der Waals surface area contributed by atoms with E-state index in [0.29, 0.717) is 38.9 Å². The fourth-order valence-electron chi connectivity index (χ4n) is 2.63. The Bertz CT molecular complexity index is 1120. The molecule has 0 aliphatic rings. The lowest BCUT2D eigenvalue weighted by Crippen LogP contribution is -2.06. The number of rotatable bonds is 5. The Balaban J connectivity index is 1.52. The van der Waals surface area contributed by atoms with Gasteiger partial charge in [0.15, 0.2) is 18.2 Å². The van der Waals surface area contributed by atoms with Crippen LogP contribution in [0.3, 0.4) is 0 Å². The highest BCUT2D eigenvalue weighted by Gasteiger charge is 2.15. The molecule has 9 heteroatoms. The van der Waals surface area contributed by atoms with Crippen molar-refractivity contribution in [3.8, 4) is 28.7 Å². The molecule has 142 valence electrons. The van der Waals surface area contributed by atoms with Crippen molar-refractivity contribution < 1.29 is 9.26 Å². The van der Waals surface area contributed by atoms with Crippen molar-refractivity contribution in [1.82, 2.24) is 19.9 Å². The molecule has 0 saturated heterocycles. The van der Waals surface area contributed by atoms with Crippen molar-refractivity contribution in [2.45, 2.75) is 13.7 Å². The highest BCUT2D eigenvalue weighted by Crippen LogP contribution is 2.32. The molecule has 2 aromatic heterocycles. The van der Waals surface area contributed by atoms with Gasteiger partial charge in [-0.15, -0.1) is 0 Å². The van der Waals surface area contributed by atoms with Gasteiger partial charge in [0.05, 0.1) is 10.0 Å². The molecule has 0 aliphatic heterocycles. The fourth-order valence-corrected chi connectivity index (χ4v) is 3.14. The van der Waals surface area contributed by atoms with E-state index >= 15 is 0 Å². The number of ether oxygens (including phenoxy) is 1. The van der Waals surface area contributed by atoms with Gasteiger partial charge in [-0.2, -0.15) is 10.1 Å². The zero-order valence-electron chi connectivity index (χ0n) is 14.8. The van der Waals surface area contributed by atoms with Crippen molar-refractivity contribution >= 4 is 28.9 Å². The van der Waals surface area contributed by atoms with E-state index < -0.39 is 0 Å². The van der Waals surface area contributed by atoms with Crippen LogP contribution < -0.4 is 10.5 Å². The second-order valence-electron chi connectivity index (χ2n) is 6.01. The maximum Gasteiger partial charge on any atom is 0.278 e. The second kappa shape index (κ2) is 7.53. The molecule has 0 unspecified atom stereocenters.